The van der Waals surface area contributed by atoms with Gasteiger partial charge in [-0.05, 0) is 48.9 Å². The Balaban J connectivity index is 1.75. The van der Waals surface area contributed by atoms with Crippen LogP contribution in [0.25, 0.3) is 0 Å². The average Bonchev–Trinajstić information content (AvgIpc) is 3.06. The van der Waals surface area contributed by atoms with E-state index in [0.29, 0.717) is 12.2 Å². The number of hydrogen-bond acceptors (Lipinski definition) is 4. The first-order chi connectivity index (χ1) is 11.2. The maximum absolute atomic E-state index is 11.7. The number of rotatable bonds is 4. The van der Waals surface area contributed by atoms with Crippen molar-refractivity contribution < 1.29 is 9.53 Å². The summed E-state index contributed by atoms with van der Waals surface area (Å²) in [5, 5.41) is 7.32. The fraction of sp³-hybridized carbons (Fsp3) is 0.222. The number of carbonyl (C=O) groups excluding carboxylic acids is 1. The van der Waals surface area contributed by atoms with E-state index in [1.54, 1.807) is 19.1 Å². The molecule has 0 radical (unpaired) electrons. The molecule has 2 aromatic rings. The Morgan fingerprint density at radius 3 is 2.52 bits per heavy atom. The van der Waals surface area contributed by atoms with E-state index >= 15 is 0 Å². The Bertz CT molecular complexity index is 724. The third-order valence-corrected chi connectivity index (χ3v) is 3.91. The van der Waals surface area contributed by atoms with E-state index in [2.05, 4.69) is 5.10 Å². The number of nitrogens with zero attached hydrogens (tertiary/aromatic N) is 2. The Morgan fingerprint density at radius 2 is 1.87 bits per heavy atom. The summed E-state index contributed by atoms with van der Waals surface area (Å²) >= 11 is 5.92. The number of halogens is 1. The molecule has 3 rings (SSSR count). The highest BCUT2D eigenvalue weighted by molar-refractivity contribution is 6.30. The molecule has 0 amide bonds. The summed E-state index contributed by atoms with van der Waals surface area (Å²) in [5.74, 6) is -0.300. The topological polar surface area (TPSA) is 41.9 Å². The summed E-state index contributed by atoms with van der Waals surface area (Å²) in [5.41, 5.74) is 3.63. The number of benzene rings is 2. The van der Waals surface area contributed by atoms with Crippen LogP contribution in [0.1, 0.15) is 29.3 Å². The van der Waals surface area contributed by atoms with E-state index in [1.165, 1.54) is 0 Å². The second-order valence-corrected chi connectivity index (χ2v) is 5.63. The standard InChI is InChI=1S/C18H17ClN2O2/c1-2-23-18(22)14-5-9-16(10-6-14)21-12-11-17(20-21)13-3-7-15(19)8-4-13/h3-10H,2,11-12H2,1H3. The monoisotopic (exact) mass is 328 g/mol. The maximum atomic E-state index is 11.7. The second-order valence-electron chi connectivity index (χ2n) is 5.19. The van der Waals surface area contributed by atoms with E-state index in [0.717, 1.165) is 35.0 Å². The van der Waals surface area contributed by atoms with E-state index < -0.39 is 0 Å². The van der Waals surface area contributed by atoms with Crippen molar-refractivity contribution in [2.45, 2.75) is 13.3 Å². The van der Waals surface area contributed by atoms with Crippen LogP contribution in [0.4, 0.5) is 5.69 Å². The summed E-state index contributed by atoms with van der Waals surface area (Å²) in [6.07, 6.45) is 0.876. The highest BCUT2D eigenvalue weighted by Crippen LogP contribution is 2.23. The number of hydrazone groups is 1. The lowest BCUT2D eigenvalue weighted by Crippen LogP contribution is -2.12. The molecule has 2 aromatic carbocycles. The summed E-state index contributed by atoms with van der Waals surface area (Å²) in [6, 6.07) is 15.0. The number of esters is 1. The molecule has 0 aromatic heterocycles. The van der Waals surface area contributed by atoms with Gasteiger partial charge in [0, 0.05) is 18.0 Å². The third-order valence-electron chi connectivity index (χ3n) is 3.66. The highest BCUT2D eigenvalue weighted by Gasteiger charge is 2.17. The van der Waals surface area contributed by atoms with Gasteiger partial charge in [-0.25, -0.2) is 4.79 Å². The molecule has 0 bridgehead atoms. The van der Waals surface area contributed by atoms with Crippen LogP contribution < -0.4 is 5.01 Å². The van der Waals surface area contributed by atoms with Crippen LogP contribution in [0, 0.1) is 0 Å². The Labute approximate surface area is 140 Å². The fourth-order valence-corrected chi connectivity index (χ4v) is 2.60. The minimum atomic E-state index is -0.300. The lowest BCUT2D eigenvalue weighted by atomic mass is 10.1. The third kappa shape index (κ3) is 3.54. The molecule has 0 N–H and O–H groups in total. The Kier molecular flexibility index (Phi) is 4.63. The van der Waals surface area contributed by atoms with Gasteiger partial charge in [0.1, 0.15) is 0 Å². The van der Waals surface area contributed by atoms with Crippen molar-refractivity contribution in [3.05, 3.63) is 64.7 Å². The minimum Gasteiger partial charge on any atom is -0.462 e. The zero-order valence-corrected chi connectivity index (χ0v) is 13.6. The van der Waals surface area contributed by atoms with Crippen molar-refractivity contribution in [1.82, 2.24) is 0 Å². The largest absolute Gasteiger partial charge is 0.462 e. The van der Waals surface area contributed by atoms with Crippen molar-refractivity contribution in [3.63, 3.8) is 0 Å². The van der Waals surface area contributed by atoms with Gasteiger partial charge in [0.25, 0.3) is 0 Å². The number of ether oxygens (including phenoxy) is 1. The van der Waals surface area contributed by atoms with Crippen LogP contribution >= 0.6 is 11.6 Å². The van der Waals surface area contributed by atoms with Gasteiger partial charge in [0.05, 0.1) is 23.6 Å². The highest BCUT2D eigenvalue weighted by atomic mass is 35.5. The van der Waals surface area contributed by atoms with Gasteiger partial charge >= 0.3 is 5.97 Å². The summed E-state index contributed by atoms with van der Waals surface area (Å²) in [7, 11) is 0. The SMILES string of the molecule is CCOC(=O)c1ccc(N2CCC(c3ccc(Cl)cc3)=N2)cc1. The molecule has 23 heavy (non-hydrogen) atoms. The van der Waals surface area contributed by atoms with Gasteiger partial charge in [0.15, 0.2) is 0 Å². The van der Waals surface area contributed by atoms with Crippen molar-refractivity contribution in [2.75, 3.05) is 18.2 Å². The van der Waals surface area contributed by atoms with Crippen LogP contribution in [0.5, 0.6) is 0 Å². The lowest BCUT2D eigenvalue weighted by Gasteiger charge is -2.13. The first-order valence-corrected chi connectivity index (χ1v) is 7.93. The quantitative estimate of drug-likeness (QED) is 0.792. The number of hydrogen-bond donors (Lipinski definition) is 0. The summed E-state index contributed by atoms with van der Waals surface area (Å²) in [4.78, 5) is 11.7. The first-order valence-electron chi connectivity index (χ1n) is 7.55. The second kappa shape index (κ2) is 6.84. The molecule has 1 aliphatic rings. The van der Waals surface area contributed by atoms with Crippen molar-refractivity contribution in [1.29, 1.82) is 0 Å². The molecule has 1 aliphatic heterocycles. The smallest absolute Gasteiger partial charge is 0.338 e. The minimum absolute atomic E-state index is 0.300. The van der Waals surface area contributed by atoms with Crippen molar-refractivity contribution >= 4 is 29.0 Å². The summed E-state index contributed by atoms with van der Waals surface area (Å²) in [6.45, 7) is 2.99. The van der Waals surface area contributed by atoms with Crippen molar-refractivity contribution in [3.8, 4) is 0 Å². The molecule has 0 spiro atoms. The molecule has 1 heterocycles. The van der Waals surface area contributed by atoms with Crippen LogP contribution in [0.15, 0.2) is 53.6 Å². The molecule has 5 heteroatoms. The molecular weight excluding hydrogens is 312 g/mol. The van der Waals surface area contributed by atoms with E-state index in [4.69, 9.17) is 16.3 Å². The molecule has 0 atom stereocenters. The van der Waals surface area contributed by atoms with Crippen LogP contribution in [-0.2, 0) is 4.74 Å². The van der Waals surface area contributed by atoms with Gasteiger partial charge in [-0.3, -0.25) is 5.01 Å². The molecule has 0 saturated carbocycles. The van der Waals surface area contributed by atoms with Crippen molar-refractivity contribution in [2.24, 2.45) is 5.10 Å². The lowest BCUT2D eigenvalue weighted by molar-refractivity contribution is 0.0526. The molecule has 118 valence electrons. The Morgan fingerprint density at radius 1 is 1.17 bits per heavy atom. The predicted molar refractivity (Wildman–Crippen MR) is 92.4 cm³/mol. The zero-order chi connectivity index (χ0) is 16.2. The molecule has 0 aliphatic carbocycles. The van der Waals surface area contributed by atoms with Gasteiger partial charge in [-0.15, -0.1) is 0 Å². The van der Waals surface area contributed by atoms with E-state index in [-0.39, 0.29) is 5.97 Å². The van der Waals surface area contributed by atoms with E-state index in [1.807, 2.05) is 41.4 Å². The maximum Gasteiger partial charge on any atom is 0.338 e. The molecular formula is C18H17ClN2O2. The van der Waals surface area contributed by atoms with Gasteiger partial charge < -0.3 is 4.74 Å². The predicted octanol–water partition coefficient (Wildman–Crippen LogP) is 4.13. The molecule has 0 fully saturated rings. The Hall–Kier alpha value is -2.33. The first kappa shape index (κ1) is 15.6. The van der Waals surface area contributed by atoms with Gasteiger partial charge in [0.2, 0.25) is 0 Å². The fourth-order valence-electron chi connectivity index (χ4n) is 2.47. The molecule has 0 saturated heterocycles. The van der Waals surface area contributed by atoms with E-state index in [9.17, 15) is 4.79 Å². The average molecular weight is 329 g/mol. The number of anilines is 1. The van der Waals surface area contributed by atoms with Crippen LogP contribution in [0.2, 0.25) is 5.02 Å². The van der Waals surface area contributed by atoms with Gasteiger partial charge in [-0.1, -0.05) is 23.7 Å². The van der Waals surface area contributed by atoms with Crippen LogP contribution in [-0.4, -0.2) is 24.8 Å². The summed E-state index contributed by atoms with van der Waals surface area (Å²) < 4.78 is 4.99. The van der Waals surface area contributed by atoms with Crippen LogP contribution in [0.3, 0.4) is 0 Å². The normalized spacial score (nSPS) is 13.8. The molecule has 4 nitrogen and oxygen atoms in total. The zero-order valence-electron chi connectivity index (χ0n) is 12.8. The van der Waals surface area contributed by atoms with Gasteiger partial charge in [-0.2, -0.15) is 5.10 Å². The number of carbonyl (C=O) groups is 1. The molecule has 0 unspecified atom stereocenters.